The lowest BCUT2D eigenvalue weighted by molar-refractivity contribution is 0.0635. The highest BCUT2D eigenvalue weighted by Crippen LogP contribution is 2.33. The van der Waals surface area contributed by atoms with Gasteiger partial charge in [0.1, 0.15) is 11.5 Å². The first-order chi connectivity index (χ1) is 9.61. The van der Waals surface area contributed by atoms with Crippen molar-refractivity contribution < 1.29 is 14.2 Å². The Morgan fingerprint density at radius 3 is 2.80 bits per heavy atom. The van der Waals surface area contributed by atoms with E-state index in [9.17, 15) is 0 Å². The molecule has 0 spiro atoms. The molecule has 2 atom stereocenters. The molecule has 1 fully saturated rings. The minimum absolute atomic E-state index is 0.0178. The largest absolute Gasteiger partial charge is 0.497 e. The number of hydrogen-bond acceptors (Lipinski definition) is 4. The van der Waals surface area contributed by atoms with E-state index in [0.29, 0.717) is 0 Å². The zero-order chi connectivity index (χ0) is 14.6. The molecule has 1 aliphatic rings. The summed E-state index contributed by atoms with van der Waals surface area (Å²) in [5.41, 5.74) is 1.23. The molecule has 0 aliphatic carbocycles. The summed E-state index contributed by atoms with van der Waals surface area (Å²) in [5, 5.41) is 3.62. The molecule has 0 radical (unpaired) electrons. The maximum atomic E-state index is 6.02. The normalized spacial score (nSPS) is 26.9. The van der Waals surface area contributed by atoms with E-state index in [-0.39, 0.29) is 11.6 Å². The second kappa shape index (κ2) is 6.46. The molecule has 1 heterocycles. The maximum Gasteiger partial charge on any atom is 0.128 e. The van der Waals surface area contributed by atoms with E-state index in [1.54, 1.807) is 14.2 Å². The van der Waals surface area contributed by atoms with E-state index in [1.165, 1.54) is 0 Å². The summed E-state index contributed by atoms with van der Waals surface area (Å²) in [6.45, 7) is 6.02. The maximum absolute atomic E-state index is 6.02. The topological polar surface area (TPSA) is 39.7 Å². The zero-order valence-corrected chi connectivity index (χ0v) is 12.9. The first-order valence-electron chi connectivity index (χ1n) is 7.20. The molecule has 0 bridgehead atoms. The van der Waals surface area contributed by atoms with E-state index in [1.807, 2.05) is 18.2 Å². The van der Waals surface area contributed by atoms with E-state index in [0.717, 1.165) is 43.1 Å². The second-order valence-electron chi connectivity index (χ2n) is 5.51. The summed E-state index contributed by atoms with van der Waals surface area (Å²) in [5.74, 6) is 1.61. The van der Waals surface area contributed by atoms with Gasteiger partial charge in [0.05, 0.1) is 20.3 Å². The van der Waals surface area contributed by atoms with Crippen molar-refractivity contribution >= 4 is 0 Å². The molecule has 0 aromatic heterocycles. The SMILES string of the molecule is CCC1(C)CCOC(c2ccc(OC)cc2OC)CN1. The monoisotopic (exact) mass is 279 g/mol. The molecule has 4 heteroatoms. The number of ether oxygens (including phenoxy) is 3. The summed E-state index contributed by atoms with van der Waals surface area (Å²) < 4.78 is 16.7. The highest BCUT2D eigenvalue weighted by atomic mass is 16.5. The molecule has 1 aliphatic heterocycles. The predicted octanol–water partition coefficient (Wildman–Crippen LogP) is 2.92. The molecule has 4 nitrogen and oxygen atoms in total. The summed E-state index contributed by atoms with van der Waals surface area (Å²) in [6, 6.07) is 5.88. The summed E-state index contributed by atoms with van der Waals surface area (Å²) in [6.07, 6.45) is 2.14. The van der Waals surface area contributed by atoms with Gasteiger partial charge in [-0.1, -0.05) is 6.92 Å². The van der Waals surface area contributed by atoms with Gasteiger partial charge in [-0.05, 0) is 31.9 Å². The van der Waals surface area contributed by atoms with Gasteiger partial charge in [0, 0.05) is 30.3 Å². The van der Waals surface area contributed by atoms with E-state index < -0.39 is 0 Å². The number of nitrogens with one attached hydrogen (secondary N) is 1. The molecule has 1 N–H and O–H groups in total. The molecule has 2 rings (SSSR count). The fourth-order valence-electron chi connectivity index (χ4n) is 2.50. The van der Waals surface area contributed by atoms with Gasteiger partial charge in [-0.15, -0.1) is 0 Å². The van der Waals surface area contributed by atoms with E-state index >= 15 is 0 Å². The molecule has 0 amide bonds. The van der Waals surface area contributed by atoms with Crippen LogP contribution in [0.15, 0.2) is 18.2 Å². The third-order valence-corrected chi connectivity index (χ3v) is 4.25. The lowest BCUT2D eigenvalue weighted by Gasteiger charge is -2.27. The molecule has 20 heavy (non-hydrogen) atoms. The second-order valence-corrected chi connectivity index (χ2v) is 5.51. The minimum atomic E-state index is 0.0178. The third kappa shape index (κ3) is 3.25. The van der Waals surface area contributed by atoms with Crippen molar-refractivity contribution in [1.29, 1.82) is 0 Å². The average Bonchev–Trinajstić information content (AvgIpc) is 2.69. The number of benzene rings is 1. The molecule has 2 unspecified atom stereocenters. The Hall–Kier alpha value is -1.26. The zero-order valence-electron chi connectivity index (χ0n) is 12.9. The standard InChI is InChI=1S/C16H25NO3/c1-5-16(2)8-9-20-15(11-17-16)13-7-6-12(18-3)10-14(13)19-4/h6-7,10,15,17H,5,8-9,11H2,1-4H3. The Bertz CT molecular complexity index is 449. The first kappa shape index (κ1) is 15.1. The van der Waals surface area contributed by atoms with Crippen LogP contribution in [0.3, 0.4) is 0 Å². The fourth-order valence-corrected chi connectivity index (χ4v) is 2.50. The Labute approximate surface area is 121 Å². The molecule has 0 saturated carbocycles. The van der Waals surface area contributed by atoms with Gasteiger partial charge in [-0.2, -0.15) is 0 Å². The summed E-state index contributed by atoms with van der Waals surface area (Å²) in [7, 11) is 3.34. The average molecular weight is 279 g/mol. The van der Waals surface area contributed by atoms with Crippen molar-refractivity contribution in [3.63, 3.8) is 0 Å². The molecule has 1 saturated heterocycles. The van der Waals surface area contributed by atoms with Crippen molar-refractivity contribution in [2.24, 2.45) is 0 Å². The number of rotatable bonds is 4. The number of methoxy groups -OCH3 is 2. The molecular weight excluding hydrogens is 254 g/mol. The third-order valence-electron chi connectivity index (χ3n) is 4.25. The van der Waals surface area contributed by atoms with Crippen LogP contribution >= 0.6 is 0 Å². The van der Waals surface area contributed by atoms with Crippen LogP contribution in [-0.2, 0) is 4.74 Å². The van der Waals surface area contributed by atoms with Crippen LogP contribution in [0.5, 0.6) is 11.5 Å². The highest BCUT2D eigenvalue weighted by Gasteiger charge is 2.28. The van der Waals surface area contributed by atoms with Gasteiger partial charge >= 0.3 is 0 Å². The molecule has 112 valence electrons. The van der Waals surface area contributed by atoms with Crippen LogP contribution in [0.4, 0.5) is 0 Å². The van der Waals surface area contributed by atoms with Crippen molar-refractivity contribution in [3.05, 3.63) is 23.8 Å². The molecular formula is C16H25NO3. The van der Waals surface area contributed by atoms with Gasteiger partial charge in [0.15, 0.2) is 0 Å². The first-order valence-corrected chi connectivity index (χ1v) is 7.20. The Kier molecular flexibility index (Phi) is 4.89. The van der Waals surface area contributed by atoms with Gasteiger partial charge in [-0.3, -0.25) is 0 Å². The lowest BCUT2D eigenvalue weighted by atomic mass is 9.95. The van der Waals surface area contributed by atoms with Crippen molar-refractivity contribution in [1.82, 2.24) is 5.32 Å². The van der Waals surface area contributed by atoms with Crippen molar-refractivity contribution in [2.45, 2.75) is 38.3 Å². The van der Waals surface area contributed by atoms with Crippen molar-refractivity contribution in [3.8, 4) is 11.5 Å². The summed E-state index contributed by atoms with van der Waals surface area (Å²) >= 11 is 0. The highest BCUT2D eigenvalue weighted by molar-refractivity contribution is 5.42. The van der Waals surface area contributed by atoms with Crippen molar-refractivity contribution in [2.75, 3.05) is 27.4 Å². The van der Waals surface area contributed by atoms with Crippen LogP contribution in [0, 0.1) is 0 Å². The van der Waals surface area contributed by atoms with Gasteiger partial charge in [-0.25, -0.2) is 0 Å². The Morgan fingerprint density at radius 1 is 1.35 bits per heavy atom. The fraction of sp³-hybridized carbons (Fsp3) is 0.625. The lowest BCUT2D eigenvalue weighted by Crippen LogP contribution is -2.42. The van der Waals surface area contributed by atoms with Crippen LogP contribution < -0.4 is 14.8 Å². The van der Waals surface area contributed by atoms with E-state index in [2.05, 4.69) is 19.2 Å². The van der Waals surface area contributed by atoms with E-state index in [4.69, 9.17) is 14.2 Å². The van der Waals surface area contributed by atoms with Crippen LogP contribution in [0.1, 0.15) is 38.4 Å². The van der Waals surface area contributed by atoms with Gasteiger partial charge in [0.2, 0.25) is 0 Å². The Balaban J connectivity index is 2.19. The predicted molar refractivity (Wildman–Crippen MR) is 79.6 cm³/mol. The van der Waals surface area contributed by atoms with Crippen LogP contribution in [0.25, 0.3) is 0 Å². The molecule has 1 aromatic carbocycles. The quantitative estimate of drug-likeness (QED) is 0.920. The smallest absolute Gasteiger partial charge is 0.128 e. The van der Waals surface area contributed by atoms with Crippen LogP contribution in [0.2, 0.25) is 0 Å². The van der Waals surface area contributed by atoms with Crippen LogP contribution in [-0.4, -0.2) is 32.9 Å². The minimum Gasteiger partial charge on any atom is -0.497 e. The number of hydrogen-bond donors (Lipinski definition) is 1. The van der Waals surface area contributed by atoms with Gasteiger partial charge < -0.3 is 19.5 Å². The van der Waals surface area contributed by atoms with Gasteiger partial charge in [0.25, 0.3) is 0 Å². The summed E-state index contributed by atoms with van der Waals surface area (Å²) in [4.78, 5) is 0. The molecule has 1 aromatic rings. The Morgan fingerprint density at radius 2 is 2.15 bits per heavy atom.